The number of ether oxygens (including phenoxy) is 1. The molecule has 0 N–H and O–H groups in total. The molecular formula is C12H15ClO2. The molecule has 0 aliphatic rings. The quantitative estimate of drug-likeness (QED) is 0.448. The summed E-state index contributed by atoms with van der Waals surface area (Å²) in [4.78, 5) is 11.6. The molecule has 0 aromatic heterocycles. The minimum atomic E-state index is -0.574. The summed E-state index contributed by atoms with van der Waals surface area (Å²) in [5.41, 5.74) is 0. The molecule has 82 valence electrons. The summed E-state index contributed by atoms with van der Waals surface area (Å²) in [5.74, 6) is 0.288. The number of halogens is 1. The van der Waals surface area contributed by atoms with Crippen molar-refractivity contribution in [3.8, 4) is 5.75 Å². The molecule has 2 nitrogen and oxygen atoms in total. The molecule has 1 aromatic carbocycles. The van der Waals surface area contributed by atoms with Gasteiger partial charge in [-0.15, -0.1) is 11.6 Å². The van der Waals surface area contributed by atoms with Crippen molar-refractivity contribution in [2.45, 2.75) is 25.6 Å². The van der Waals surface area contributed by atoms with Crippen molar-refractivity contribution in [2.75, 3.05) is 0 Å². The molecule has 1 aromatic rings. The van der Waals surface area contributed by atoms with E-state index in [0.29, 0.717) is 5.75 Å². The zero-order valence-corrected chi connectivity index (χ0v) is 9.70. The number of carbonyl (C=O) groups excluding carboxylic acids is 1. The lowest BCUT2D eigenvalue weighted by Gasteiger charge is -2.14. The van der Waals surface area contributed by atoms with Crippen LogP contribution in [0.5, 0.6) is 5.75 Å². The molecule has 1 rings (SSSR count). The molecule has 0 spiro atoms. The van der Waals surface area contributed by atoms with Gasteiger partial charge in [0.05, 0.1) is 0 Å². The molecule has 3 heteroatoms. The Labute approximate surface area is 95.2 Å². The molecule has 0 fully saturated rings. The molecule has 0 amide bonds. The molecule has 0 aliphatic heterocycles. The van der Waals surface area contributed by atoms with Crippen LogP contribution in [0.25, 0.3) is 0 Å². The molecule has 2 atom stereocenters. The molecule has 0 aliphatic carbocycles. The topological polar surface area (TPSA) is 26.3 Å². The zero-order valence-electron chi connectivity index (χ0n) is 8.94. The predicted octanol–water partition coefficient (Wildman–Crippen LogP) is 3.25. The molecule has 0 radical (unpaired) electrons. The van der Waals surface area contributed by atoms with E-state index in [2.05, 4.69) is 0 Å². The second-order valence-corrected chi connectivity index (χ2v) is 3.99. The van der Waals surface area contributed by atoms with Crippen molar-refractivity contribution in [3.63, 3.8) is 0 Å². The van der Waals surface area contributed by atoms with Gasteiger partial charge in [-0.3, -0.25) is 4.79 Å². The van der Waals surface area contributed by atoms with E-state index in [1.54, 1.807) is 12.1 Å². The van der Waals surface area contributed by atoms with Gasteiger partial charge in [-0.2, -0.15) is 0 Å². The summed E-state index contributed by atoms with van der Waals surface area (Å²) in [6.07, 6.45) is 0.859. The number of benzene rings is 1. The summed E-state index contributed by atoms with van der Waals surface area (Å²) < 4.78 is 5.13. The Bertz CT molecular complexity index is 311. The SMILES string of the molecule is CCC(C)C(Cl)C(=O)Oc1ccccc1. The number of hydrogen-bond donors (Lipinski definition) is 0. The highest BCUT2D eigenvalue weighted by Gasteiger charge is 2.23. The monoisotopic (exact) mass is 226 g/mol. The van der Waals surface area contributed by atoms with Gasteiger partial charge in [0, 0.05) is 0 Å². The van der Waals surface area contributed by atoms with E-state index in [4.69, 9.17) is 16.3 Å². The summed E-state index contributed by atoms with van der Waals surface area (Å²) in [6, 6.07) is 8.96. The van der Waals surface area contributed by atoms with Gasteiger partial charge in [-0.25, -0.2) is 0 Å². The third-order valence-corrected chi connectivity index (χ3v) is 2.94. The fraction of sp³-hybridized carbons (Fsp3) is 0.417. The van der Waals surface area contributed by atoms with Crippen LogP contribution in [0.3, 0.4) is 0 Å². The molecular weight excluding hydrogens is 212 g/mol. The average Bonchev–Trinajstić information content (AvgIpc) is 2.28. The Kier molecular flexibility index (Phi) is 4.63. The van der Waals surface area contributed by atoms with Gasteiger partial charge in [0.15, 0.2) is 0 Å². The first-order valence-corrected chi connectivity index (χ1v) is 5.49. The van der Waals surface area contributed by atoms with Gasteiger partial charge in [0.1, 0.15) is 11.1 Å². The molecule has 0 bridgehead atoms. The van der Waals surface area contributed by atoms with Gasteiger partial charge in [-0.1, -0.05) is 38.5 Å². The largest absolute Gasteiger partial charge is 0.425 e. The van der Waals surface area contributed by atoms with Gasteiger partial charge < -0.3 is 4.74 Å². The highest BCUT2D eigenvalue weighted by molar-refractivity contribution is 6.30. The maximum Gasteiger partial charge on any atom is 0.329 e. The van der Waals surface area contributed by atoms with E-state index in [-0.39, 0.29) is 11.9 Å². The van der Waals surface area contributed by atoms with E-state index in [9.17, 15) is 4.79 Å². The third kappa shape index (κ3) is 3.56. The first kappa shape index (κ1) is 12.1. The lowest BCUT2D eigenvalue weighted by Crippen LogP contribution is -2.26. The smallest absolute Gasteiger partial charge is 0.329 e. The number of alkyl halides is 1. The first-order valence-electron chi connectivity index (χ1n) is 5.06. The van der Waals surface area contributed by atoms with Crippen LogP contribution in [0, 0.1) is 5.92 Å². The van der Waals surface area contributed by atoms with Crippen molar-refractivity contribution in [2.24, 2.45) is 5.92 Å². The second kappa shape index (κ2) is 5.76. The van der Waals surface area contributed by atoms with Crippen molar-refractivity contribution in [3.05, 3.63) is 30.3 Å². The maximum atomic E-state index is 11.6. The van der Waals surface area contributed by atoms with Gasteiger partial charge >= 0.3 is 5.97 Å². The van der Waals surface area contributed by atoms with Crippen LogP contribution >= 0.6 is 11.6 Å². The van der Waals surface area contributed by atoms with Crippen LogP contribution in [-0.2, 0) is 4.79 Å². The summed E-state index contributed by atoms with van der Waals surface area (Å²) >= 11 is 5.96. The van der Waals surface area contributed by atoms with Crippen molar-refractivity contribution >= 4 is 17.6 Å². The standard InChI is InChI=1S/C12H15ClO2/c1-3-9(2)11(13)12(14)15-10-7-5-4-6-8-10/h4-9,11H,3H2,1-2H3. The fourth-order valence-corrected chi connectivity index (χ4v) is 1.32. The Morgan fingerprint density at radius 3 is 2.53 bits per heavy atom. The van der Waals surface area contributed by atoms with Crippen molar-refractivity contribution in [1.82, 2.24) is 0 Å². The van der Waals surface area contributed by atoms with E-state index >= 15 is 0 Å². The Hall–Kier alpha value is -1.02. The van der Waals surface area contributed by atoms with Crippen LogP contribution in [-0.4, -0.2) is 11.3 Å². The number of para-hydroxylation sites is 1. The third-order valence-electron chi connectivity index (χ3n) is 2.33. The average molecular weight is 227 g/mol. The fourth-order valence-electron chi connectivity index (χ4n) is 1.10. The van der Waals surface area contributed by atoms with Crippen molar-refractivity contribution in [1.29, 1.82) is 0 Å². The van der Waals surface area contributed by atoms with Gasteiger partial charge in [0.2, 0.25) is 0 Å². The van der Waals surface area contributed by atoms with Crippen LogP contribution < -0.4 is 4.74 Å². The second-order valence-electron chi connectivity index (χ2n) is 3.52. The summed E-state index contributed by atoms with van der Waals surface area (Å²) in [5, 5.41) is -0.574. The maximum absolute atomic E-state index is 11.6. The minimum Gasteiger partial charge on any atom is -0.425 e. The number of hydrogen-bond acceptors (Lipinski definition) is 2. The predicted molar refractivity (Wildman–Crippen MR) is 61.2 cm³/mol. The number of rotatable bonds is 4. The van der Waals surface area contributed by atoms with E-state index in [0.717, 1.165) is 6.42 Å². The normalized spacial score (nSPS) is 14.3. The van der Waals surface area contributed by atoms with Crippen LogP contribution in [0.2, 0.25) is 0 Å². The van der Waals surface area contributed by atoms with Crippen molar-refractivity contribution < 1.29 is 9.53 Å². The number of carbonyl (C=O) groups is 1. The van der Waals surface area contributed by atoms with Gasteiger partial charge in [0.25, 0.3) is 0 Å². The van der Waals surface area contributed by atoms with Crippen LogP contribution in [0.1, 0.15) is 20.3 Å². The summed E-state index contributed by atoms with van der Waals surface area (Å²) in [7, 11) is 0. The molecule has 15 heavy (non-hydrogen) atoms. The molecule has 0 saturated carbocycles. The van der Waals surface area contributed by atoms with E-state index in [1.165, 1.54) is 0 Å². The van der Waals surface area contributed by atoms with E-state index < -0.39 is 5.38 Å². The first-order chi connectivity index (χ1) is 7.15. The molecule has 0 saturated heterocycles. The lowest BCUT2D eigenvalue weighted by atomic mass is 10.1. The Morgan fingerprint density at radius 1 is 1.40 bits per heavy atom. The Morgan fingerprint density at radius 2 is 2.00 bits per heavy atom. The highest BCUT2D eigenvalue weighted by atomic mass is 35.5. The Balaban J connectivity index is 2.56. The zero-order chi connectivity index (χ0) is 11.3. The van der Waals surface area contributed by atoms with Crippen LogP contribution in [0.4, 0.5) is 0 Å². The summed E-state index contributed by atoms with van der Waals surface area (Å²) in [6.45, 7) is 3.93. The molecule has 0 heterocycles. The minimum absolute atomic E-state index is 0.128. The molecule has 2 unspecified atom stereocenters. The number of esters is 1. The highest BCUT2D eigenvalue weighted by Crippen LogP contribution is 2.17. The van der Waals surface area contributed by atoms with E-state index in [1.807, 2.05) is 32.0 Å². The lowest BCUT2D eigenvalue weighted by molar-refractivity contribution is -0.134. The van der Waals surface area contributed by atoms with Gasteiger partial charge in [-0.05, 0) is 18.1 Å². The van der Waals surface area contributed by atoms with Crippen LogP contribution in [0.15, 0.2) is 30.3 Å².